The van der Waals surface area contributed by atoms with Gasteiger partial charge in [0.2, 0.25) is 0 Å². The molecule has 1 aromatic heterocycles. The van der Waals surface area contributed by atoms with E-state index in [-0.39, 0.29) is 17.9 Å². The summed E-state index contributed by atoms with van der Waals surface area (Å²) in [6.45, 7) is 1.01. The number of rotatable bonds is 7. The minimum atomic E-state index is -2.90. The van der Waals surface area contributed by atoms with Gasteiger partial charge in [-0.05, 0) is 29.8 Å². The average Bonchev–Trinajstić information content (AvgIpc) is 2.78. The number of hydrogen-bond acceptors (Lipinski definition) is 5. The molecule has 4 rings (SSSR count). The van der Waals surface area contributed by atoms with E-state index in [9.17, 15) is 13.2 Å². The minimum absolute atomic E-state index is 0.0616. The van der Waals surface area contributed by atoms with Crippen LogP contribution in [-0.4, -0.2) is 17.1 Å². The first-order valence-corrected chi connectivity index (χ1v) is 10.7. The van der Waals surface area contributed by atoms with Crippen molar-refractivity contribution in [3.63, 3.8) is 0 Å². The van der Waals surface area contributed by atoms with Crippen molar-refractivity contribution in [1.82, 2.24) is 9.97 Å². The summed E-state index contributed by atoms with van der Waals surface area (Å²) >= 11 is 3.23. The molecule has 0 spiro atoms. The van der Waals surface area contributed by atoms with E-state index in [2.05, 4.69) is 31.2 Å². The van der Waals surface area contributed by atoms with E-state index in [1.54, 1.807) is 36.4 Å². The third-order valence-corrected chi connectivity index (χ3v) is 5.45. The van der Waals surface area contributed by atoms with Gasteiger partial charge in [-0.15, -0.1) is 0 Å². The standard InChI is InChI=1S/C24H19BrF3N3O2/c1-24(27,28)15-5-3-14(4-6-15)12-33-22-11-20-17(10-21(22)32-2)23(30-13-29-20)31-19-8-7-16(25)9-18(19)26/h3-11,13H,12H2,1-2H3,(H,29,30,31). The number of ether oxygens (including phenoxy) is 2. The molecule has 0 fully saturated rings. The van der Waals surface area contributed by atoms with Gasteiger partial charge in [-0.3, -0.25) is 0 Å². The van der Waals surface area contributed by atoms with Crippen molar-refractivity contribution in [3.8, 4) is 11.5 Å². The number of benzene rings is 3. The quantitative estimate of drug-likeness (QED) is 0.286. The Hall–Kier alpha value is -3.33. The van der Waals surface area contributed by atoms with Crippen LogP contribution in [0.1, 0.15) is 18.1 Å². The van der Waals surface area contributed by atoms with Gasteiger partial charge in [-0.25, -0.2) is 23.1 Å². The number of methoxy groups -OCH3 is 1. The summed E-state index contributed by atoms with van der Waals surface area (Å²) < 4.78 is 53.1. The predicted octanol–water partition coefficient (Wildman–Crippen LogP) is 6.97. The highest BCUT2D eigenvalue weighted by atomic mass is 79.9. The summed E-state index contributed by atoms with van der Waals surface area (Å²) in [6.07, 6.45) is 1.36. The van der Waals surface area contributed by atoms with Crippen LogP contribution in [0.2, 0.25) is 0 Å². The number of anilines is 2. The van der Waals surface area contributed by atoms with Crippen molar-refractivity contribution in [3.05, 3.63) is 82.3 Å². The molecule has 0 saturated carbocycles. The summed E-state index contributed by atoms with van der Waals surface area (Å²) in [4.78, 5) is 8.51. The molecular formula is C24H19BrF3N3O2. The molecule has 0 atom stereocenters. The van der Waals surface area contributed by atoms with Crippen LogP contribution in [0.5, 0.6) is 11.5 Å². The van der Waals surface area contributed by atoms with Gasteiger partial charge in [0.05, 0.1) is 18.3 Å². The van der Waals surface area contributed by atoms with Gasteiger partial charge in [0.25, 0.3) is 5.92 Å². The Morgan fingerprint density at radius 1 is 1.00 bits per heavy atom. The number of nitrogens with zero attached hydrogens (tertiary/aromatic N) is 2. The molecule has 0 unspecified atom stereocenters. The van der Waals surface area contributed by atoms with Crippen molar-refractivity contribution >= 4 is 38.3 Å². The van der Waals surface area contributed by atoms with Crippen molar-refractivity contribution in [2.24, 2.45) is 0 Å². The van der Waals surface area contributed by atoms with Gasteiger partial charge in [-0.1, -0.05) is 40.2 Å². The molecule has 4 aromatic rings. The molecular weight excluding hydrogens is 499 g/mol. The topological polar surface area (TPSA) is 56.3 Å². The lowest BCUT2D eigenvalue weighted by Gasteiger charge is -2.15. The fraction of sp³-hybridized carbons (Fsp3) is 0.167. The zero-order valence-corrected chi connectivity index (χ0v) is 19.3. The Morgan fingerprint density at radius 3 is 2.42 bits per heavy atom. The van der Waals surface area contributed by atoms with Crippen LogP contribution >= 0.6 is 15.9 Å². The summed E-state index contributed by atoms with van der Waals surface area (Å²) in [5, 5.41) is 3.59. The fourth-order valence-electron chi connectivity index (χ4n) is 3.21. The van der Waals surface area contributed by atoms with Crippen molar-refractivity contribution in [1.29, 1.82) is 0 Å². The van der Waals surface area contributed by atoms with E-state index in [1.807, 2.05) is 0 Å². The molecule has 0 radical (unpaired) electrons. The monoisotopic (exact) mass is 517 g/mol. The van der Waals surface area contributed by atoms with Crippen LogP contribution in [-0.2, 0) is 12.5 Å². The molecule has 9 heteroatoms. The summed E-state index contributed by atoms with van der Waals surface area (Å²) in [7, 11) is 1.50. The molecule has 0 aliphatic rings. The maximum atomic E-state index is 14.3. The van der Waals surface area contributed by atoms with Crippen LogP contribution in [0.25, 0.3) is 10.9 Å². The first-order valence-electron chi connectivity index (χ1n) is 9.89. The lowest BCUT2D eigenvalue weighted by molar-refractivity contribution is 0.0174. The van der Waals surface area contributed by atoms with Gasteiger partial charge in [-0.2, -0.15) is 0 Å². The molecule has 1 N–H and O–H groups in total. The predicted molar refractivity (Wildman–Crippen MR) is 124 cm³/mol. The summed E-state index contributed by atoms with van der Waals surface area (Å²) in [6, 6.07) is 14.0. The number of nitrogens with one attached hydrogen (secondary N) is 1. The molecule has 0 aliphatic heterocycles. The molecule has 3 aromatic carbocycles. The van der Waals surface area contributed by atoms with Crippen molar-refractivity contribution in [2.75, 3.05) is 12.4 Å². The third kappa shape index (κ3) is 5.19. The zero-order chi connectivity index (χ0) is 23.6. The molecule has 33 heavy (non-hydrogen) atoms. The lowest BCUT2D eigenvalue weighted by Crippen LogP contribution is -2.07. The van der Waals surface area contributed by atoms with E-state index in [1.165, 1.54) is 31.6 Å². The number of alkyl halides is 2. The molecule has 5 nitrogen and oxygen atoms in total. The SMILES string of the molecule is COc1cc2c(Nc3ccc(Br)cc3F)ncnc2cc1OCc1ccc(C(C)(F)F)cc1. The maximum Gasteiger partial charge on any atom is 0.270 e. The normalized spacial score (nSPS) is 11.5. The summed E-state index contributed by atoms with van der Waals surface area (Å²) in [5.41, 5.74) is 1.48. The molecule has 170 valence electrons. The maximum absolute atomic E-state index is 14.3. The van der Waals surface area contributed by atoms with E-state index < -0.39 is 11.7 Å². The average molecular weight is 518 g/mol. The highest BCUT2D eigenvalue weighted by Crippen LogP contribution is 2.36. The number of halogens is 4. The Labute approximate surface area is 196 Å². The molecule has 0 bridgehead atoms. The Morgan fingerprint density at radius 2 is 1.76 bits per heavy atom. The smallest absolute Gasteiger partial charge is 0.270 e. The highest BCUT2D eigenvalue weighted by molar-refractivity contribution is 9.10. The van der Waals surface area contributed by atoms with E-state index in [0.29, 0.717) is 32.7 Å². The molecule has 0 amide bonds. The number of hydrogen-bond donors (Lipinski definition) is 1. The van der Waals surface area contributed by atoms with Crippen LogP contribution in [0, 0.1) is 5.82 Å². The number of aromatic nitrogens is 2. The van der Waals surface area contributed by atoms with Gasteiger partial charge in [0.15, 0.2) is 11.5 Å². The van der Waals surface area contributed by atoms with Crippen LogP contribution in [0.3, 0.4) is 0 Å². The first kappa shape index (κ1) is 22.8. The largest absolute Gasteiger partial charge is 0.493 e. The first-order chi connectivity index (χ1) is 15.7. The second kappa shape index (κ2) is 9.27. The van der Waals surface area contributed by atoms with Gasteiger partial charge in [0.1, 0.15) is 24.6 Å². The van der Waals surface area contributed by atoms with Crippen LogP contribution < -0.4 is 14.8 Å². The zero-order valence-electron chi connectivity index (χ0n) is 17.7. The second-order valence-corrected chi connectivity index (χ2v) is 8.28. The van der Waals surface area contributed by atoms with Gasteiger partial charge < -0.3 is 14.8 Å². The Balaban J connectivity index is 1.60. The van der Waals surface area contributed by atoms with Crippen molar-refractivity contribution < 1.29 is 22.6 Å². The molecule has 1 heterocycles. The van der Waals surface area contributed by atoms with Crippen molar-refractivity contribution in [2.45, 2.75) is 19.5 Å². The third-order valence-electron chi connectivity index (χ3n) is 4.96. The van der Waals surface area contributed by atoms with E-state index in [4.69, 9.17) is 9.47 Å². The van der Waals surface area contributed by atoms with E-state index >= 15 is 0 Å². The molecule has 0 saturated heterocycles. The fourth-order valence-corrected chi connectivity index (χ4v) is 3.54. The lowest BCUT2D eigenvalue weighted by atomic mass is 10.1. The Kier molecular flexibility index (Phi) is 6.42. The van der Waals surface area contributed by atoms with E-state index in [0.717, 1.165) is 12.5 Å². The van der Waals surface area contributed by atoms with Gasteiger partial charge >= 0.3 is 0 Å². The summed E-state index contributed by atoms with van der Waals surface area (Å²) in [5.74, 6) is -2.08. The van der Waals surface area contributed by atoms with Gasteiger partial charge in [0, 0.05) is 28.4 Å². The van der Waals surface area contributed by atoms with Crippen LogP contribution in [0.15, 0.2) is 65.4 Å². The molecule has 0 aliphatic carbocycles. The number of fused-ring (bicyclic) bond motifs is 1. The second-order valence-electron chi connectivity index (χ2n) is 7.37. The Bertz CT molecular complexity index is 1290. The van der Waals surface area contributed by atoms with Crippen LogP contribution in [0.4, 0.5) is 24.7 Å². The highest BCUT2D eigenvalue weighted by Gasteiger charge is 2.23. The minimum Gasteiger partial charge on any atom is -0.493 e.